The fourth-order valence-corrected chi connectivity index (χ4v) is 5.26. The molecule has 0 aromatic heterocycles. The third kappa shape index (κ3) is 7.49. The molecule has 0 radical (unpaired) electrons. The van der Waals surface area contributed by atoms with Crippen LogP contribution in [-0.2, 0) is 15.8 Å². The number of aliphatic carboxylic acids is 1. The fourth-order valence-electron chi connectivity index (χ4n) is 2.86. The van der Waals surface area contributed by atoms with Gasteiger partial charge in [-0.2, -0.15) is 0 Å². The number of carboxylic acid groups (broad SMARTS) is 1. The minimum absolute atomic E-state index is 0.335. The van der Waals surface area contributed by atoms with Crippen LogP contribution in [0.2, 0.25) is 0 Å². The van der Waals surface area contributed by atoms with E-state index in [2.05, 4.69) is 11.2 Å². The van der Waals surface area contributed by atoms with Gasteiger partial charge in [0.05, 0.1) is 4.90 Å². The van der Waals surface area contributed by atoms with Gasteiger partial charge in [0.15, 0.2) is 6.61 Å². The highest BCUT2D eigenvalue weighted by atomic mass is 32.2. The molecule has 0 amide bonds. The van der Waals surface area contributed by atoms with Crippen molar-refractivity contribution >= 4 is 28.7 Å². The van der Waals surface area contributed by atoms with Gasteiger partial charge in [0.2, 0.25) is 0 Å². The van der Waals surface area contributed by atoms with E-state index in [4.69, 9.17) is 9.84 Å². The summed E-state index contributed by atoms with van der Waals surface area (Å²) in [5, 5.41) is 8.72. The first-order chi connectivity index (χ1) is 13.9. The van der Waals surface area contributed by atoms with Crippen molar-refractivity contribution in [2.45, 2.75) is 43.4 Å². The zero-order valence-corrected chi connectivity index (χ0v) is 18.9. The molecule has 0 saturated carbocycles. The molecule has 0 saturated heterocycles. The van der Waals surface area contributed by atoms with Crippen molar-refractivity contribution in [3.05, 3.63) is 53.6 Å². The molecule has 5 nitrogen and oxygen atoms in total. The summed E-state index contributed by atoms with van der Waals surface area (Å²) in [6, 6.07) is 13.6. The first kappa shape index (κ1) is 23.4. The Kier molecular flexibility index (Phi) is 9.70. The number of carboxylic acids is 1. The molecule has 1 atom stereocenters. The Labute approximate surface area is 180 Å². The number of thioether (sulfide) groups is 1. The molecule has 2 aromatic rings. The Morgan fingerprint density at radius 1 is 1.14 bits per heavy atom. The SMILES string of the molecule is CCCN(CCCSc1ccc(OCC(=O)O)c(C)c1)S(=O)c1ccccc1C. The van der Waals surface area contributed by atoms with Crippen LogP contribution in [0.4, 0.5) is 0 Å². The van der Waals surface area contributed by atoms with E-state index in [9.17, 15) is 9.00 Å². The molecule has 0 spiro atoms. The molecule has 1 N–H and O–H groups in total. The normalized spacial score (nSPS) is 12.1. The van der Waals surface area contributed by atoms with Crippen LogP contribution in [0.25, 0.3) is 0 Å². The van der Waals surface area contributed by atoms with Crippen LogP contribution in [-0.4, -0.2) is 45.0 Å². The number of ether oxygens (including phenoxy) is 1. The highest BCUT2D eigenvalue weighted by Gasteiger charge is 2.15. The van der Waals surface area contributed by atoms with Gasteiger partial charge in [0.25, 0.3) is 0 Å². The number of carbonyl (C=O) groups is 1. The number of hydrogen-bond donors (Lipinski definition) is 1. The van der Waals surface area contributed by atoms with Gasteiger partial charge in [-0.05, 0) is 67.8 Å². The van der Waals surface area contributed by atoms with Gasteiger partial charge in [0.1, 0.15) is 16.7 Å². The number of rotatable bonds is 12. The maximum atomic E-state index is 13.0. The Morgan fingerprint density at radius 3 is 2.55 bits per heavy atom. The van der Waals surface area contributed by atoms with E-state index in [1.807, 2.05) is 56.3 Å². The zero-order chi connectivity index (χ0) is 21.2. The second kappa shape index (κ2) is 12.0. The maximum Gasteiger partial charge on any atom is 0.341 e. The second-order valence-corrected chi connectivity index (χ2v) is 9.38. The zero-order valence-electron chi connectivity index (χ0n) is 17.2. The van der Waals surface area contributed by atoms with E-state index in [0.29, 0.717) is 5.75 Å². The summed E-state index contributed by atoms with van der Waals surface area (Å²) in [5.41, 5.74) is 1.98. The van der Waals surface area contributed by atoms with Gasteiger partial charge in [-0.15, -0.1) is 11.8 Å². The minimum Gasteiger partial charge on any atom is -0.482 e. The predicted molar refractivity (Wildman–Crippen MR) is 119 cm³/mol. The highest BCUT2D eigenvalue weighted by molar-refractivity contribution is 7.99. The van der Waals surface area contributed by atoms with Gasteiger partial charge in [-0.25, -0.2) is 13.3 Å². The second-order valence-electron chi connectivity index (χ2n) is 6.76. The van der Waals surface area contributed by atoms with Gasteiger partial charge in [0, 0.05) is 18.0 Å². The average Bonchev–Trinajstić information content (AvgIpc) is 2.69. The smallest absolute Gasteiger partial charge is 0.341 e. The Balaban J connectivity index is 1.87. The molecule has 0 heterocycles. The Hall–Kier alpha value is -1.83. The quantitative estimate of drug-likeness (QED) is 0.387. The lowest BCUT2D eigenvalue weighted by molar-refractivity contribution is -0.139. The first-order valence-corrected chi connectivity index (χ1v) is 11.8. The van der Waals surface area contributed by atoms with E-state index in [1.54, 1.807) is 11.8 Å². The van der Waals surface area contributed by atoms with Crippen molar-refractivity contribution in [1.82, 2.24) is 4.31 Å². The van der Waals surface area contributed by atoms with Crippen LogP contribution in [0.5, 0.6) is 5.75 Å². The lowest BCUT2D eigenvalue weighted by Crippen LogP contribution is -2.28. The Bertz CT molecular complexity index is 841. The number of benzene rings is 2. The molecule has 0 bridgehead atoms. The monoisotopic (exact) mass is 435 g/mol. The highest BCUT2D eigenvalue weighted by Crippen LogP contribution is 2.26. The number of hydrogen-bond acceptors (Lipinski definition) is 4. The van der Waals surface area contributed by atoms with E-state index < -0.39 is 17.0 Å². The summed E-state index contributed by atoms with van der Waals surface area (Å²) in [6.45, 7) is 7.27. The van der Waals surface area contributed by atoms with Gasteiger partial charge in [-0.3, -0.25) is 0 Å². The van der Waals surface area contributed by atoms with Crippen molar-refractivity contribution in [3.8, 4) is 5.75 Å². The van der Waals surface area contributed by atoms with Crippen molar-refractivity contribution < 1.29 is 18.8 Å². The van der Waals surface area contributed by atoms with Crippen LogP contribution < -0.4 is 4.74 Å². The van der Waals surface area contributed by atoms with Crippen molar-refractivity contribution in [3.63, 3.8) is 0 Å². The third-order valence-electron chi connectivity index (χ3n) is 4.31. The first-order valence-electron chi connectivity index (χ1n) is 9.73. The van der Waals surface area contributed by atoms with Gasteiger partial charge in [-0.1, -0.05) is 25.1 Å². The van der Waals surface area contributed by atoms with Crippen LogP contribution in [0.3, 0.4) is 0 Å². The summed E-state index contributed by atoms with van der Waals surface area (Å²) in [7, 11) is -1.13. The van der Waals surface area contributed by atoms with Crippen LogP contribution >= 0.6 is 11.8 Å². The fraction of sp³-hybridized carbons (Fsp3) is 0.409. The molecule has 0 aliphatic rings. The number of aryl methyl sites for hydroxylation is 2. The molecule has 7 heteroatoms. The van der Waals surface area contributed by atoms with Gasteiger partial charge < -0.3 is 9.84 Å². The van der Waals surface area contributed by atoms with E-state index in [0.717, 1.165) is 52.6 Å². The molecule has 2 aromatic carbocycles. The van der Waals surface area contributed by atoms with Crippen molar-refractivity contribution in [2.24, 2.45) is 0 Å². The molecule has 2 rings (SSSR count). The predicted octanol–water partition coefficient (Wildman–Crippen LogP) is 4.68. The van der Waals surface area contributed by atoms with E-state index in [-0.39, 0.29) is 6.61 Å². The van der Waals surface area contributed by atoms with E-state index >= 15 is 0 Å². The summed E-state index contributed by atoms with van der Waals surface area (Å²) in [6.07, 6.45) is 1.89. The molecular formula is C22H29NO4S2. The standard InChI is InChI=1S/C22H29NO4S2/c1-4-12-23(29(26)21-9-6-5-8-17(21)2)13-7-14-28-19-10-11-20(18(3)15-19)27-16-22(24)25/h5-6,8-11,15H,4,7,12-14,16H2,1-3H3,(H,24,25). The minimum atomic E-state index is -1.13. The largest absolute Gasteiger partial charge is 0.482 e. The summed E-state index contributed by atoms with van der Waals surface area (Å²) in [5.74, 6) is 0.530. The lowest BCUT2D eigenvalue weighted by atomic mass is 10.2. The molecule has 158 valence electrons. The van der Waals surface area contributed by atoms with Gasteiger partial charge >= 0.3 is 5.97 Å². The summed E-state index contributed by atoms with van der Waals surface area (Å²) < 4.78 is 20.3. The third-order valence-corrected chi connectivity index (χ3v) is 7.06. The van der Waals surface area contributed by atoms with Crippen LogP contribution in [0.1, 0.15) is 30.9 Å². The Morgan fingerprint density at radius 2 is 1.90 bits per heavy atom. The van der Waals surface area contributed by atoms with Crippen LogP contribution in [0, 0.1) is 13.8 Å². The van der Waals surface area contributed by atoms with E-state index in [1.165, 1.54) is 0 Å². The molecule has 29 heavy (non-hydrogen) atoms. The van der Waals surface area contributed by atoms with Crippen molar-refractivity contribution in [2.75, 3.05) is 25.4 Å². The molecule has 0 aliphatic heterocycles. The van der Waals surface area contributed by atoms with Crippen LogP contribution in [0.15, 0.2) is 52.3 Å². The maximum absolute atomic E-state index is 13.0. The average molecular weight is 436 g/mol. The van der Waals surface area contributed by atoms with Crippen molar-refractivity contribution in [1.29, 1.82) is 0 Å². The molecule has 0 aliphatic carbocycles. The topological polar surface area (TPSA) is 66.8 Å². The number of nitrogens with zero attached hydrogens (tertiary/aromatic N) is 1. The molecule has 1 unspecified atom stereocenters. The molecule has 0 fully saturated rings. The molecular weight excluding hydrogens is 406 g/mol. The summed E-state index contributed by atoms with van der Waals surface area (Å²) in [4.78, 5) is 12.6. The summed E-state index contributed by atoms with van der Waals surface area (Å²) >= 11 is 1.74. The lowest BCUT2D eigenvalue weighted by Gasteiger charge is -2.21.